The van der Waals surface area contributed by atoms with Gasteiger partial charge in [-0.1, -0.05) is 6.07 Å². The van der Waals surface area contributed by atoms with Crippen LogP contribution in [0.3, 0.4) is 0 Å². The van der Waals surface area contributed by atoms with Gasteiger partial charge in [0.25, 0.3) is 0 Å². The molecule has 1 aliphatic heterocycles. The van der Waals surface area contributed by atoms with E-state index in [0.29, 0.717) is 34.9 Å². The molecule has 1 aliphatic rings. The lowest BCUT2D eigenvalue weighted by atomic mass is 9.99. The van der Waals surface area contributed by atoms with E-state index in [-0.39, 0.29) is 17.3 Å². The molecule has 0 saturated carbocycles. The van der Waals surface area contributed by atoms with Gasteiger partial charge in [0.05, 0.1) is 30.3 Å². The number of nitrogens with one attached hydrogen (secondary N) is 1. The van der Waals surface area contributed by atoms with Crippen LogP contribution in [0.4, 0.5) is 10.1 Å². The average molecular weight is 398 g/mol. The zero-order valence-corrected chi connectivity index (χ0v) is 16.2. The van der Waals surface area contributed by atoms with Gasteiger partial charge in [-0.2, -0.15) is 0 Å². The van der Waals surface area contributed by atoms with E-state index in [1.807, 2.05) is 0 Å². The number of hydrogen-bond donors (Lipinski definition) is 2. The topological polar surface area (TPSA) is 91.5 Å². The van der Waals surface area contributed by atoms with Crippen LogP contribution in [-0.4, -0.2) is 36.8 Å². The Hall–Kier alpha value is -3.13. The Morgan fingerprint density at radius 3 is 2.76 bits per heavy atom. The summed E-state index contributed by atoms with van der Waals surface area (Å²) in [6.07, 6.45) is 3.53. The first-order valence-corrected chi connectivity index (χ1v) is 9.54. The molecule has 0 bridgehead atoms. The van der Waals surface area contributed by atoms with Crippen LogP contribution in [0.1, 0.15) is 12.8 Å². The summed E-state index contributed by atoms with van der Waals surface area (Å²) in [5.74, 6) is 1.20. The Balaban J connectivity index is 1.64. The van der Waals surface area contributed by atoms with Crippen molar-refractivity contribution in [1.29, 1.82) is 0 Å². The molecule has 0 radical (unpaired) electrons. The summed E-state index contributed by atoms with van der Waals surface area (Å²) < 4.78 is 31.4. The molecular weight excluding hydrogens is 375 g/mol. The molecule has 1 saturated heterocycles. The Labute approximate surface area is 168 Å². The minimum Gasteiger partial charge on any atom is -0.493 e. The van der Waals surface area contributed by atoms with E-state index in [4.69, 9.17) is 19.9 Å². The van der Waals surface area contributed by atoms with Crippen molar-refractivity contribution in [3.63, 3.8) is 0 Å². The van der Waals surface area contributed by atoms with Gasteiger partial charge in [-0.3, -0.25) is 0 Å². The fourth-order valence-electron chi connectivity index (χ4n) is 3.38. The minimum absolute atomic E-state index is 0.0716. The SMILES string of the molecule is COc1cc2c(Oc3c(N)cccc3F)ncnc2cc1OCC1CCNCC1. The number of piperidine rings is 1. The molecule has 3 N–H and O–H groups in total. The number of halogens is 1. The van der Waals surface area contributed by atoms with Gasteiger partial charge in [0.15, 0.2) is 23.1 Å². The average Bonchev–Trinajstić information content (AvgIpc) is 2.75. The summed E-state index contributed by atoms with van der Waals surface area (Å²) in [6, 6.07) is 7.88. The number of anilines is 1. The maximum absolute atomic E-state index is 14.1. The maximum Gasteiger partial charge on any atom is 0.230 e. The van der Waals surface area contributed by atoms with Gasteiger partial charge in [0, 0.05) is 6.07 Å². The predicted molar refractivity (Wildman–Crippen MR) is 108 cm³/mol. The van der Waals surface area contributed by atoms with Crippen LogP contribution in [-0.2, 0) is 0 Å². The fraction of sp³-hybridized carbons (Fsp3) is 0.333. The third-order valence-electron chi connectivity index (χ3n) is 5.01. The Kier molecular flexibility index (Phi) is 5.62. The molecular formula is C21H23FN4O3. The van der Waals surface area contributed by atoms with Crippen LogP contribution in [0.25, 0.3) is 10.9 Å². The second kappa shape index (κ2) is 8.48. The number of ether oxygens (including phenoxy) is 3. The number of fused-ring (bicyclic) bond motifs is 1. The maximum atomic E-state index is 14.1. The number of benzene rings is 2. The molecule has 0 amide bonds. The van der Waals surface area contributed by atoms with Gasteiger partial charge < -0.3 is 25.3 Å². The number of methoxy groups -OCH3 is 1. The minimum atomic E-state index is -0.564. The predicted octanol–water partition coefficient (Wildman–Crippen LogP) is 3.53. The number of rotatable bonds is 6. The highest BCUT2D eigenvalue weighted by atomic mass is 19.1. The smallest absolute Gasteiger partial charge is 0.230 e. The van der Waals surface area contributed by atoms with Crippen molar-refractivity contribution in [3.8, 4) is 23.1 Å². The molecule has 2 aromatic carbocycles. The second-order valence-corrected chi connectivity index (χ2v) is 6.96. The largest absolute Gasteiger partial charge is 0.493 e. The highest BCUT2D eigenvalue weighted by molar-refractivity contribution is 5.87. The molecule has 0 unspecified atom stereocenters. The highest BCUT2D eigenvalue weighted by Crippen LogP contribution is 2.38. The molecule has 2 heterocycles. The van der Waals surface area contributed by atoms with E-state index in [0.717, 1.165) is 25.9 Å². The first-order valence-electron chi connectivity index (χ1n) is 9.54. The molecule has 152 valence electrons. The van der Waals surface area contributed by atoms with Crippen molar-refractivity contribution >= 4 is 16.6 Å². The molecule has 29 heavy (non-hydrogen) atoms. The Bertz CT molecular complexity index is 988. The van der Waals surface area contributed by atoms with Gasteiger partial charge in [0.2, 0.25) is 5.88 Å². The first kappa shape index (κ1) is 19.2. The lowest BCUT2D eigenvalue weighted by molar-refractivity contribution is 0.208. The fourth-order valence-corrected chi connectivity index (χ4v) is 3.38. The van der Waals surface area contributed by atoms with Gasteiger partial charge in [-0.05, 0) is 50.0 Å². The van der Waals surface area contributed by atoms with Crippen LogP contribution < -0.4 is 25.3 Å². The number of nitrogens with two attached hydrogens (primary N) is 1. The van der Waals surface area contributed by atoms with Crippen molar-refractivity contribution < 1.29 is 18.6 Å². The van der Waals surface area contributed by atoms with Crippen molar-refractivity contribution in [1.82, 2.24) is 15.3 Å². The molecule has 3 aromatic rings. The Morgan fingerprint density at radius 2 is 2.00 bits per heavy atom. The zero-order chi connectivity index (χ0) is 20.2. The van der Waals surface area contributed by atoms with Crippen molar-refractivity contribution in [2.75, 3.05) is 32.5 Å². The number of aromatic nitrogens is 2. The summed E-state index contributed by atoms with van der Waals surface area (Å²) in [7, 11) is 1.57. The van der Waals surface area contributed by atoms with Gasteiger partial charge in [0.1, 0.15) is 6.33 Å². The van der Waals surface area contributed by atoms with Crippen LogP contribution in [0.15, 0.2) is 36.7 Å². The molecule has 7 nitrogen and oxygen atoms in total. The lowest BCUT2D eigenvalue weighted by Crippen LogP contribution is -2.30. The monoisotopic (exact) mass is 398 g/mol. The zero-order valence-electron chi connectivity index (χ0n) is 16.2. The van der Waals surface area contributed by atoms with E-state index < -0.39 is 5.82 Å². The van der Waals surface area contributed by atoms with Crippen molar-refractivity contribution in [2.45, 2.75) is 12.8 Å². The summed E-state index contributed by atoms with van der Waals surface area (Å²) in [5.41, 5.74) is 6.63. The quantitative estimate of drug-likeness (QED) is 0.614. The van der Waals surface area contributed by atoms with Crippen molar-refractivity contribution in [3.05, 3.63) is 42.5 Å². The van der Waals surface area contributed by atoms with Crippen LogP contribution in [0.2, 0.25) is 0 Å². The number of hydrogen-bond acceptors (Lipinski definition) is 7. The van der Waals surface area contributed by atoms with Crippen LogP contribution in [0, 0.1) is 11.7 Å². The number of para-hydroxylation sites is 1. The summed E-state index contributed by atoms with van der Waals surface area (Å²) in [5, 5.41) is 3.92. The molecule has 0 aliphatic carbocycles. The normalized spacial score (nSPS) is 14.7. The van der Waals surface area contributed by atoms with Crippen LogP contribution >= 0.6 is 0 Å². The van der Waals surface area contributed by atoms with Crippen LogP contribution in [0.5, 0.6) is 23.1 Å². The number of nitrogens with zero attached hydrogens (tertiary/aromatic N) is 2. The van der Waals surface area contributed by atoms with E-state index in [2.05, 4.69) is 15.3 Å². The Morgan fingerprint density at radius 1 is 1.17 bits per heavy atom. The van der Waals surface area contributed by atoms with Gasteiger partial charge in [-0.15, -0.1) is 0 Å². The van der Waals surface area contributed by atoms with Gasteiger partial charge >= 0.3 is 0 Å². The summed E-state index contributed by atoms with van der Waals surface area (Å²) in [4.78, 5) is 8.45. The lowest BCUT2D eigenvalue weighted by Gasteiger charge is -2.23. The molecule has 0 atom stereocenters. The summed E-state index contributed by atoms with van der Waals surface area (Å²) >= 11 is 0. The molecule has 0 spiro atoms. The second-order valence-electron chi connectivity index (χ2n) is 6.96. The van der Waals surface area contributed by atoms with E-state index in [9.17, 15) is 4.39 Å². The molecule has 8 heteroatoms. The third kappa shape index (κ3) is 4.17. The third-order valence-corrected chi connectivity index (χ3v) is 5.01. The number of nitrogen functional groups attached to an aromatic ring is 1. The molecule has 1 fully saturated rings. The highest BCUT2D eigenvalue weighted by Gasteiger charge is 2.18. The molecule has 4 rings (SSSR count). The van der Waals surface area contributed by atoms with Gasteiger partial charge in [-0.25, -0.2) is 14.4 Å². The van der Waals surface area contributed by atoms with Crippen molar-refractivity contribution in [2.24, 2.45) is 5.92 Å². The first-order chi connectivity index (χ1) is 14.2. The summed E-state index contributed by atoms with van der Waals surface area (Å²) in [6.45, 7) is 2.63. The molecule has 1 aromatic heterocycles. The van der Waals surface area contributed by atoms with E-state index in [1.54, 1.807) is 25.3 Å². The van der Waals surface area contributed by atoms with E-state index in [1.165, 1.54) is 18.5 Å². The standard InChI is InChI=1S/C21H23FN4O3/c1-27-18-9-14-17(10-19(18)28-11-13-5-7-24-8-6-13)25-12-26-21(14)29-20-15(22)3-2-4-16(20)23/h2-4,9-10,12-13,24H,5-8,11,23H2,1H3. The van der Waals surface area contributed by atoms with E-state index >= 15 is 0 Å².